The van der Waals surface area contributed by atoms with Gasteiger partial charge in [-0.25, -0.2) is 9.59 Å². The van der Waals surface area contributed by atoms with Crippen LogP contribution in [0.15, 0.2) is 42.5 Å². The maximum atomic E-state index is 11.8. The summed E-state index contributed by atoms with van der Waals surface area (Å²) in [5.41, 5.74) is -0.928. The number of aliphatic carboxylic acids is 1. The third kappa shape index (κ3) is 4.12. The number of carbonyl (C=O) groups excluding carboxylic acids is 1. The molecule has 2 amide bonds. The summed E-state index contributed by atoms with van der Waals surface area (Å²) in [7, 11) is 0. The summed E-state index contributed by atoms with van der Waals surface area (Å²) in [5.74, 6) is -1.10. The van der Waals surface area contributed by atoms with Crippen LogP contribution in [0, 0.1) is 0 Å². The largest absolute Gasteiger partial charge is 0.479 e. The number of carboxylic acids is 1. The highest BCUT2D eigenvalue weighted by atomic mass is 16.4. The van der Waals surface area contributed by atoms with Crippen LogP contribution in [-0.4, -0.2) is 23.7 Å². The molecule has 1 aromatic rings. The Labute approximate surface area is 118 Å². The molecule has 1 unspecified atom stereocenters. The van der Waals surface area contributed by atoms with Gasteiger partial charge in [-0.2, -0.15) is 0 Å². The number of hydrogen-bond acceptors (Lipinski definition) is 2. The van der Waals surface area contributed by atoms with Crippen LogP contribution in [0.25, 0.3) is 0 Å². The van der Waals surface area contributed by atoms with E-state index in [0.29, 0.717) is 18.5 Å². The standard InChI is InChI=1S/C15H20N2O3/c1-3-4-8-11-16-14(20)17-15(2,13(18)19)12-9-6-5-7-10-12/h3-7,9-10H,8,11H2,1-2H3,(H,18,19)(H2,16,17,20)/b4-3+. The predicted molar refractivity (Wildman–Crippen MR) is 77.4 cm³/mol. The van der Waals surface area contributed by atoms with Crippen LogP contribution in [0.2, 0.25) is 0 Å². The molecule has 1 atom stereocenters. The van der Waals surface area contributed by atoms with Crippen molar-refractivity contribution in [3.8, 4) is 0 Å². The van der Waals surface area contributed by atoms with E-state index in [9.17, 15) is 14.7 Å². The van der Waals surface area contributed by atoms with Crippen molar-refractivity contribution >= 4 is 12.0 Å². The summed E-state index contributed by atoms with van der Waals surface area (Å²) in [4.78, 5) is 23.3. The number of urea groups is 1. The average Bonchev–Trinajstić information content (AvgIpc) is 2.44. The highest BCUT2D eigenvalue weighted by Crippen LogP contribution is 2.20. The lowest BCUT2D eigenvalue weighted by atomic mass is 9.92. The maximum Gasteiger partial charge on any atom is 0.333 e. The molecular weight excluding hydrogens is 256 g/mol. The second kappa shape index (κ2) is 7.33. The Morgan fingerprint density at radius 1 is 1.30 bits per heavy atom. The second-order valence-corrected chi connectivity index (χ2v) is 4.53. The smallest absolute Gasteiger partial charge is 0.333 e. The van der Waals surface area contributed by atoms with E-state index in [0.717, 1.165) is 0 Å². The molecule has 20 heavy (non-hydrogen) atoms. The monoisotopic (exact) mass is 276 g/mol. The first kappa shape index (κ1) is 15.8. The summed E-state index contributed by atoms with van der Waals surface area (Å²) in [6.45, 7) is 3.83. The molecule has 0 aliphatic heterocycles. The first-order valence-electron chi connectivity index (χ1n) is 6.47. The van der Waals surface area contributed by atoms with Crippen LogP contribution in [0.1, 0.15) is 25.8 Å². The average molecular weight is 276 g/mol. The van der Waals surface area contributed by atoms with Crippen molar-refractivity contribution in [3.05, 3.63) is 48.0 Å². The number of carbonyl (C=O) groups is 2. The van der Waals surface area contributed by atoms with E-state index in [1.165, 1.54) is 6.92 Å². The minimum Gasteiger partial charge on any atom is -0.479 e. The maximum absolute atomic E-state index is 11.8. The van der Waals surface area contributed by atoms with Crippen molar-refractivity contribution in [3.63, 3.8) is 0 Å². The molecular formula is C15H20N2O3. The molecule has 0 heterocycles. The summed E-state index contributed by atoms with van der Waals surface area (Å²) in [5, 5.41) is 14.5. The Bertz CT molecular complexity index is 485. The fourth-order valence-corrected chi connectivity index (χ4v) is 1.73. The van der Waals surface area contributed by atoms with Crippen LogP contribution in [-0.2, 0) is 10.3 Å². The van der Waals surface area contributed by atoms with Gasteiger partial charge in [-0.1, -0.05) is 42.5 Å². The summed E-state index contributed by atoms with van der Waals surface area (Å²) in [6, 6.07) is 8.12. The molecule has 5 nitrogen and oxygen atoms in total. The molecule has 0 radical (unpaired) electrons. The van der Waals surface area contributed by atoms with E-state index in [4.69, 9.17) is 0 Å². The summed E-state index contributed by atoms with van der Waals surface area (Å²) < 4.78 is 0. The zero-order valence-corrected chi connectivity index (χ0v) is 11.7. The van der Waals surface area contributed by atoms with Gasteiger partial charge in [-0.15, -0.1) is 0 Å². The Balaban J connectivity index is 2.73. The van der Waals surface area contributed by atoms with Gasteiger partial charge in [-0.3, -0.25) is 0 Å². The summed E-state index contributed by atoms with van der Waals surface area (Å²) in [6.07, 6.45) is 4.53. The van der Waals surface area contributed by atoms with Crippen molar-refractivity contribution in [1.82, 2.24) is 10.6 Å². The molecule has 0 saturated carbocycles. The lowest BCUT2D eigenvalue weighted by Crippen LogP contribution is -2.53. The van der Waals surface area contributed by atoms with Crippen molar-refractivity contribution in [2.24, 2.45) is 0 Å². The molecule has 1 rings (SSSR count). The Hall–Kier alpha value is -2.30. The molecule has 0 aliphatic rings. The molecule has 0 aliphatic carbocycles. The number of benzene rings is 1. The van der Waals surface area contributed by atoms with Gasteiger partial charge in [-0.05, 0) is 25.8 Å². The van der Waals surface area contributed by atoms with Gasteiger partial charge >= 0.3 is 12.0 Å². The van der Waals surface area contributed by atoms with Gasteiger partial charge in [0, 0.05) is 6.54 Å². The van der Waals surface area contributed by atoms with Gasteiger partial charge in [0.2, 0.25) is 0 Å². The van der Waals surface area contributed by atoms with Crippen LogP contribution in [0.3, 0.4) is 0 Å². The first-order chi connectivity index (χ1) is 9.50. The topological polar surface area (TPSA) is 78.4 Å². The zero-order chi connectivity index (χ0) is 15.0. The predicted octanol–water partition coefficient (Wildman–Crippen LogP) is 2.25. The van der Waals surface area contributed by atoms with Crippen LogP contribution in [0.5, 0.6) is 0 Å². The molecule has 0 bridgehead atoms. The Morgan fingerprint density at radius 3 is 2.50 bits per heavy atom. The quantitative estimate of drug-likeness (QED) is 0.551. The third-order valence-electron chi connectivity index (χ3n) is 2.97. The lowest BCUT2D eigenvalue weighted by Gasteiger charge is -2.26. The van der Waals surface area contributed by atoms with Crippen molar-refractivity contribution in [2.75, 3.05) is 6.54 Å². The fraction of sp³-hybridized carbons (Fsp3) is 0.333. The number of allylic oxidation sites excluding steroid dienone is 1. The number of rotatable bonds is 6. The van der Waals surface area contributed by atoms with Gasteiger partial charge in [0.15, 0.2) is 5.54 Å². The second-order valence-electron chi connectivity index (χ2n) is 4.53. The van der Waals surface area contributed by atoms with Gasteiger partial charge in [0.1, 0.15) is 0 Å². The Morgan fingerprint density at radius 2 is 1.95 bits per heavy atom. The number of hydrogen-bond donors (Lipinski definition) is 3. The first-order valence-corrected chi connectivity index (χ1v) is 6.47. The number of amides is 2. The Kier molecular flexibility index (Phi) is 5.77. The van der Waals surface area contributed by atoms with E-state index in [2.05, 4.69) is 10.6 Å². The van der Waals surface area contributed by atoms with E-state index in [1.54, 1.807) is 30.3 Å². The highest BCUT2D eigenvalue weighted by Gasteiger charge is 2.36. The molecule has 1 aromatic carbocycles. The molecule has 0 saturated heterocycles. The van der Waals surface area contributed by atoms with Crippen molar-refractivity contribution in [1.29, 1.82) is 0 Å². The minimum atomic E-state index is -1.45. The SMILES string of the molecule is C/C=C/CCNC(=O)NC(C)(C(=O)O)c1ccccc1. The number of carboxylic acid groups (broad SMARTS) is 1. The van der Waals surface area contributed by atoms with E-state index < -0.39 is 17.5 Å². The normalized spacial score (nSPS) is 13.7. The molecule has 0 spiro atoms. The zero-order valence-electron chi connectivity index (χ0n) is 11.7. The van der Waals surface area contributed by atoms with Gasteiger partial charge in [0.05, 0.1) is 0 Å². The van der Waals surface area contributed by atoms with Crippen LogP contribution < -0.4 is 10.6 Å². The van der Waals surface area contributed by atoms with E-state index >= 15 is 0 Å². The minimum absolute atomic E-state index is 0.459. The molecule has 0 fully saturated rings. The van der Waals surface area contributed by atoms with Crippen molar-refractivity contribution < 1.29 is 14.7 Å². The third-order valence-corrected chi connectivity index (χ3v) is 2.97. The lowest BCUT2D eigenvalue weighted by molar-refractivity contribution is -0.144. The highest BCUT2D eigenvalue weighted by molar-refractivity contribution is 5.87. The van der Waals surface area contributed by atoms with Gasteiger partial charge in [0.25, 0.3) is 0 Å². The molecule has 3 N–H and O–H groups in total. The van der Waals surface area contributed by atoms with Crippen LogP contribution in [0.4, 0.5) is 4.79 Å². The van der Waals surface area contributed by atoms with Crippen LogP contribution >= 0.6 is 0 Å². The molecule has 5 heteroatoms. The molecule has 108 valence electrons. The number of nitrogens with one attached hydrogen (secondary N) is 2. The fourth-order valence-electron chi connectivity index (χ4n) is 1.73. The van der Waals surface area contributed by atoms with Gasteiger partial charge < -0.3 is 15.7 Å². The van der Waals surface area contributed by atoms with E-state index in [1.807, 2.05) is 19.1 Å². The van der Waals surface area contributed by atoms with Crippen molar-refractivity contribution in [2.45, 2.75) is 25.8 Å². The molecule has 0 aromatic heterocycles. The van der Waals surface area contributed by atoms with E-state index in [-0.39, 0.29) is 0 Å². The summed E-state index contributed by atoms with van der Waals surface area (Å²) >= 11 is 0.